The highest BCUT2D eigenvalue weighted by atomic mass is 32.2. The average Bonchev–Trinajstić information content (AvgIpc) is 2.13. The summed E-state index contributed by atoms with van der Waals surface area (Å²) in [5.41, 5.74) is 0.784. The van der Waals surface area contributed by atoms with Gasteiger partial charge in [-0.05, 0) is 37.6 Å². The van der Waals surface area contributed by atoms with Crippen LogP contribution in [0.4, 0.5) is 10.1 Å². The van der Waals surface area contributed by atoms with Gasteiger partial charge in [0.25, 0.3) is 0 Å². The van der Waals surface area contributed by atoms with Crippen molar-refractivity contribution in [3.05, 3.63) is 29.6 Å². The van der Waals surface area contributed by atoms with Crippen molar-refractivity contribution >= 4 is 15.7 Å². The molecule has 0 spiro atoms. The van der Waals surface area contributed by atoms with E-state index in [0.717, 1.165) is 6.07 Å². The van der Waals surface area contributed by atoms with Gasteiger partial charge in [-0.15, -0.1) is 0 Å². The maximum absolute atomic E-state index is 13.0. The maximum Gasteiger partial charge on any atom is 0.237 e. The Morgan fingerprint density at radius 2 is 2.06 bits per heavy atom. The molecule has 0 heterocycles. The van der Waals surface area contributed by atoms with E-state index in [1.165, 1.54) is 19.1 Å². The standard InChI is InChI=1S/C10H14FNO3S/c1-7-3-9(11)5-10(4-7)12-16(14,15)8(2)6-13/h3-5,8,12-13H,6H2,1-2H3. The Balaban J connectivity index is 2.97. The van der Waals surface area contributed by atoms with E-state index < -0.39 is 27.7 Å². The predicted octanol–water partition coefficient (Wildman–Crippen LogP) is 1.26. The SMILES string of the molecule is Cc1cc(F)cc(NS(=O)(=O)C(C)CO)c1. The number of aliphatic hydroxyl groups is 1. The highest BCUT2D eigenvalue weighted by Crippen LogP contribution is 2.16. The Hall–Kier alpha value is -1.14. The number of hydrogen-bond acceptors (Lipinski definition) is 3. The monoisotopic (exact) mass is 247 g/mol. The number of aliphatic hydroxyl groups excluding tert-OH is 1. The van der Waals surface area contributed by atoms with Gasteiger partial charge >= 0.3 is 0 Å². The third kappa shape index (κ3) is 3.18. The molecule has 0 saturated carbocycles. The van der Waals surface area contributed by atoms with Crippen molar-refractivity contribution in [1.29, 1.82) is 0 Å². The lowest BCUT2D eigenvalue weighted by atomic mass is 10.2. The number of halogens is 1. The summed E-state index contributed by atoms with van der Waals surface area (Å²) >= 11 is 0. The van der Waals surface area contributed by atoms with Gasteiger partial charge in [0.05, 0.1) is 12.3 Å². The molecule has 0 radical (unpaired) electrons. The second-order valence-corrected chi connectivity index (χ2v) is 5.76. The molecule has 0 bridgehead atoms. The highest BCUT2D eigenvalue weighted by Gasteiger charge is 2.19. The minimum absolute atomic E-state index is 0.165. The van der Waals surface area contributed by atoms with Gasteiger partial charge in [0, 0.05) is 0 Å². The van der Waals surface area contributed by atoms with Gasteiger partial charge in [0.2, 0.25) is 10.0 Å². The summed E-state index contributed by atoms with van der Waals surface area (Å²) in [6.45, 7) is 2.55. The minimum Gasteiger partial charge on any atom is -0.395 e. The van der Waals surface area contributed by atoms with Crippen molar-refractivity contribution in [2.75, 3.05) is 11.3 Å². The number of aryl methyl sites for hydroxylation is 1. The molecule has 1 unspecified atom stereocenters. The third-order valence-corrected chi connectivity index (χ3v) is 3.82. The molecule has 0 aliphatic rings. The molecule has 0 amide bonds. The van der Waals surface area contributed by atoms with Gasteiger partial charge in [0.15, 0.2) is 0 Å². The van der Waals surface area contributed by atoms with Crippen LogP contribution in [-0.4, -0.2) is 25.4 Å². The summed E-state index contributed by atoms with van der Waals surface area (Å²) in [5, 5.41) is 7.83. The molecule has 0 fully saturated rings. The van der Waals surface area contributed by atoms with Crippen molar-refractivity contribution < 1.29 is 17.9 Å². The van der Waals surface area contributed by atoms with Gasteiger partial charge < -0.3 is 5.11 Å². The van der Waals surface area contributed by atoms with Crippen molar-refractivity contribution in [2.24, 2.45) is 0 Å². The van der Waals surface area contributed by atoms with Crippen LogP contribution in [0.15, 0.2) is 18.2 Å². The first-order valence-electron chi connectivity index (χ1n) is 4.75. The third-order valence-electron chi connectivity index (χ3n) is 2.09. The van der Waals surface area contributed by atoms with Gasteiger partial charge in [-0.1, -0.05) is 0 Å². The molecule has 6 heteroatoms. The Bertz CT molecular complexity index is 453. The van der Waals surface area contributed by atoms with Crippen LogP contribution in [0.2, 0.25) is 0 Å². The maximum atomic E-state index is 13.0. The fourth-order valence-electron chi connectivity index (χ4n) is 1.16. The number of benzene rings is 1. The number of hydrogen-bond donors (Lipinski definition) is 2. The molecule has 1 aromatic carbocycles. The second kappa shape index (κ2) is 4.80. The summed E-state index contributed by atoms with van der Waals surface area (Å²) in [6.07, 6.45) is 0. The number of nitrogens with one attached hydrogen (secondary N) is 1. The Labute approximate surface area is 94.2 Å². The summed E-state index contributed by atoms with van der Waals surface area (Å²) in [6, 6.07) is 3.91. The van der Waals surface area contributed by atoms with Crippen LogP contribution in [0, 0.1) is 12.7 Å². The van der Waals surface area contributed by atoms with Crippen LogP contribution < -0.4 is 4.72 Å². The van der Waals surface area contributed by atoms with E-state index in [2.05, 4.69) is 4.72 Å². The summed E-state index contributed by atoms with van der Waals surface area (Å²) < 4.78 is 38.3. The largest absolute Gasteiger partial charge is 0.395 e. The van der Waals surface area contributed by atoms with Crippen LogP contribution in [0.25, 0.3) is 0 Å². The quantitative estimate of drug-likeness (QED) is 0.841. The van der Waals surface area contributed by atoms with Crippen LogP contribution in [0.1, 0.15) is 12.5 Å². The van der Waals surface area contributed by atoms with Crippen LogP contribution in [0.5, 0.6) is 0 Å². The average molecular weight is 247 g/mol. The van der Waals surface area contributed by atoms with E-state index in [4.69, 9.17) is 5.11 Å². The normalized spacial score (nSPS) is 13.5. The highest BCUT2D eigenvalue weighted by molar-refractivity contribution is 7.93. The number of anilines is 1. The van der Waals surface area contributed by atoms with E-state index in [1.54, 1.807) is 6.92 Å². The Morgan fingerprint density at radius 1 is 1.44 bits per heavy atom. The van der Waals surface area contributed by atoms with Gasteiger partial charge in [-0.25, -0.2) is 12.8 Å². The molecule has 0 aliphatic carbocycles. The van der Waals surface area contributed by atoms with Crippen molar-refractivity contribution in [3.63, 3.8) is 0 Å². The van der Waals surface area contributed by atoms with E-state index in [-0.39, 0.29) is 5.69 Å². The van der Waals surface area contributed by atoms with Gasteiger partial charge in [-0.2, -0.15) is 0 Å². The number of rotatable bonds is 4. The van der Waals surface area contributed by atoms with Gasteiger partial charge in [0.1, 0.15) is 11.1 Å². The summed E-state index contributed by atoms with van der Waals surface area (Å²) in [7, 11) is -3.66. The predicted molar refractivity (Wildman–Crippen MR) is 60.2 cm³/mol. The van der Waals surface area contributed by atoms with Crippen LogP contribution >= 0.6 is 0 Å². The van der Waals surface area contributed by atoms with Crippen molar-refractivity contribution in [3.8, 4) is 0 Å². The van der Waals surface area contributed by atoms with E-state index in [9.17, 15) is 12.8 Å². The van der Waals surface area contributed by atoms with Crippen LogP contribution in [0.3, 0.4) is 0 Å². The lowest BCUT2D eigenvalue weighted by Gasteiger charge is -2.12. The molecular formula is C10H14FNO3S. The molecule has 1 rings (SSSR count). The fraction of sp³-hybridized carbons (Fsp3) is 0.400. The zero-order chi connectivity index (χ0) is 12.3. The first-order chi connectivity index (χ1) is 7.35. The molecule has 2 N–H and O–H groups in total. The van der Waals surface area contributed by atoms with Gasteiger partial charge in [-0.3, -0.25) is 4.72 Å². The van der Waals surface area contributed by atoms with Crippen molar-refractivity contribution in [1.82, 2.24) is 0 Å². The van der Waals surface area contributed by atoms with Crippen molar-refractivity contribution in [2.45, 2.75) is 19.1 Å². The minimum atomic E-state index is -3.66. The smallest absolute Gasteiger partial charge is 0.237 e. The van der Waals surface area contributed by atoms with E-state index in [1.807, 2.05) is 0 Å². The molecule has 90 valence electrons. The molecule has 16 heavy (non-hydrogen) atoms. The second-order valence-electron chi connectivity index (χ2n) is 3.66. The number of sulfonamides is 1. The lowest BCUT2D eigenvalue weighted by Crippen LogP contribution is -2.28. The lowest BCUT2D eigenvalue weighted by molar-refractivity contribution is 0.296. The van der Waals surface area contributed by atoms with Crippen LogP contribution in [-0.2, 0) is 10.0 Å². The van der Waals surface area contributed by atoms with E-state index in [0.29, 0.717) is 5.56 Å². The summed E-state index contributed by atoms with van der Waals surface area (Å²) in [4.78, 5) is 0. The fourth-order valence-corrected chi connectivity index (χ4v) is 2.00. The topological polar surface area (TPSA) is 66.4 Å². The molecule has 1 atom stereocenters. The molecule has 0 aromatic heterocycles. The first-order valence-corrected chi connectivity index (χ1v) is 6.29. The molecule has 0 saturated heterocycles. The zero-order valence-corrected chi connectivity index (χ0v) is 9.88. The first kappa shape index (κ1) is 12.9. The Kier molecular flexibility index (Phi) is 3.88. The molecule has 0 aliphatic heterocycles. The molecule has 4 nitrogen and oxygen atoms in total. The van der Waals surface area contributed by atoms with E-state index >= 15 is 0 Å². The molecular weight excluding hydrogens is 233 g/mol. The Morgan fingerprint density at radius 3 is 2.56 bits per heavy atom. The zero-order valence-electron chi connectivity index (χ0n) is 9.07. The molecule has 1 aromatic rings. The summed E-state index contributed by atoms with van der Waals surface area (Å²) in [5.74, 6) is -0.505.